The predicted molar refractivity (Wildman–Crippen MR) is 143 cm³/mol. The first-order valence-corrected chi connectivity index (χ1v) is 12.4. The molecule has 35 heavy (non-hydrogen) atoms. The number of anilines is 2. The smallest absolute Gasteiger partial charge is 0.255 e. The number of hydrogen-bond donors (Lipinski definition) is 3. The minimum atomic E-state index is -0.183. The van der Waals surface area contributed by atoms with E-state index in [9.17, 15) is 9.59 Å². The molecule has 1 fully saturated rings. The Morgan fingerprint density at radius 3 is 2.31 bits per heavy atom. The Kier molecular flexibility index (Phi) is 6.60. The fourth-order valence-corrected chi connectivity index (χ4v) is 4.97. The number of carbonyl (C=O) groups is 2. The van der Waals surface area contributed by atoms with Gasteiger partial charge in [-0.3, -0.25) is 9.59 Å². The van der Waals surface area contributed by atoms with Crippen molar-refractivity contribution in [3.8, 4) is 11.3 Å². The van der Waals surface area contributed by atoms with Crippen LogP contribution in [-0.4, -0.2) is 16.8 Å². The number of amides is 2. The summed E-state index contributed by atoms with van der Waals surface area (Å²) in [5.41, 5.74) is 5.07. The van der Waals surface area contributed by atoms with Crippen LogP contribution in [0.3, 0.4) is 0 Å². The Labute approximate surface area is 209 Å². The lowest BCUT2D eigenvalue weighted by molar-refractivity contribution is -0.122. The molecule has 5 nitrogen and oxygen atoms in total. The summed E-state index contributed by atoms with van der Waals surface area (Å²) in [5.74, 6) is 0.478. The highest BCUT2D eigenvalue weighted by atomic mass is 35.5. The van der Waals surface area contributed by atoms with E-state index in [4.69, 9.17) is 11.6 Å². The summed E-state index contributed by atoms with van der Waals surface area (Å²) in [6.07, 6.45) is 4.45. The highest BCUT2D eigenvalue weighted by molar-refractivity contribution is 6.30. The normalized spacial score (nSPS) is 17.8. The maximum Gasteiger partial charge on any atom is 0.255 e. The van der Waals surface area contributed by atoms with E-state index < -0.39 is 0 Å². The SMILES string of the molecule is CC1CCCCC1C(=O)Nc1ccc2[nH]c(-c3ccc(NC(=O)c4ccc(Cl)cc4)cc3)cc2c1. The quantitative estimate of drug-likeness (QED) is 0.273. The van der Waals surface area contributed by atoms with Crippen LogP contribution in [0, 0.1) is 11.8 Å². The number of halogens is 1. The van der Waals surface area contributed by atoms with Crippen molar-refractivity contribution in [2.75, 3.05) is 10.6 Å². The molecule has 1 heterocycles. The maximum absolute atomic E-state index is 12.8. The highest BCUT2D eigenvalue weighted by Gasteiger charge is 2.27. The molecule has 2 amide bonds. The van der Waals surface area contributed by atoms with E-state index in [1.165, 1.54) is 6.42 Å². The van der Waals surface area contributed by atoms with Crippen molar-refractivity contribution in [2.24, 2.45) is 11.8 Å². The molecule has 178 valence electrons. The first-order chi connectivity index (χ1) is 17.0. The van der Waals surface area contributed by atoms with E-state index in [-0.39, 0.29) is 17.7 Å². The van der Waals surface area contributed by atoms with Crippen LogP contribution in [0.25, 0.3) is 22.2 Å². The van der Waals surface area contributed by atoms with Crippen LogP contribution < -0.4 is 10.6 Å². The van der Waals surface area contributed by atoms with Gasteiger partial charge in [0.2, 0.25) is 5.91 Å². The molecule has 1 aromatic heterocycles. The fourth-order valence-electron chi connectivity index (χ4n) is 4.84. The fraction of sp³-hybridized carbons (Fsp3) is 0.241. The van der Waals surface area contributed by atoms with Crippen LogP contribution >= 0.6 is 11.6 Å². The minimum absolute atomic E-state index is 0.0972. The first kappa shape index (κ1) is 23.2. The van der Waals surface area contributed by atoms with Crippen LogP contribution in [0.5, 0.6) is 0 Å². The Hall–Kier alpha value is -3.57. The molecule has 6 heteroatoms. The van der Waals surface area contributed by atoms with Gasteiger partial charge in [-0.1, -0.05) is 43.5 Å². The van der Waals surface area contributed by atoms with Gasteiger partial charge in [0, 0.05) is 44.5 Å². The van der Waals surface area contributed by atoms with Gasteiger partial charge in [0.05, 0.1) is 0 Å². The number of fused-ring (bicyclic) bond motifs is 1. The van der Waals surface area contributed by atoms with Crippen molar-refractivity contribution < 1.29 is 9.59 Å². The van der Waals surface area contributed by atoms with Crippen molar-refractivity contribution in [1.29, 1.82) is 0 Å². The molecule has 5 rings (SSSR count). The second kappa shape index (κ2) is 9.96. The standard InChI is InChI=1S/C29H28ClN3O2/c1-18-4-2-3-5-25(18)29(35)32-24-14-15-26-21(16-24)17-27(33-26)19-8-12-23(13-9-19)31-28(34)20-6-10-22(30)11-7-20/h6-18,25,33H,2-5H2,1H3,(H,31,34)(H,32,35). The van der Waals surface area contributed by atoms with Crippen molar-refractivity contribution in [2.45, 2.75) is 32.6 Å². The molecule has 1 saturated carbocycles. The molecule has 0 saturated heterocycles. The van der Waals surface area contributed by atoms with E-state index in [2.05, 4.69) is 28.6 Å². The summed E-state index contributed by atoms with van der Waals surface area (Å²) >= 11 is 5.90. The van der Waals surface area contributed by atoms with Crippen molar-refractivity contribution in [3.63, 3.8) is 0 Å². The van der Waals surface area contributed by atoms with Crippen molar-refractivity contribution in [3.05, 3.63) is 83.4 Å². The number of aromatic nitrogens is 1. The molecule has 0 aliphatic heterocycles. The Balaban J connectivity index is 1.28. The van der Waals surface area contributed by atoms with Gasteiger partial charge >= 0.3 is 0 Å². The monoisotopic (exact) mass is 485 g/mol. The van der Waals surface area contributed by atoms with Crippen molar-refractivity contribution >= 4 is 45.7 Å². The number of benzene rings is 3. The zero-order valence-electron chi connectivity index (χ0n) is 19.6. The van der Waals surface area contributed by atoms with E-state index in [0.29, 0.717) is 22.2 Å². The Morgan fingerprint density at radius 2 is 1.57 bits per heavy atom. The topological polar surface area (TPSA) is 74.0 Å². The summed E-state index contributed by atoms with van der Waals surface area (Å²) in [4.78, 5) is 28.7. The van der Waals surface area contributed by atoms with Crippen LogP contribution in [0.4, 0.5) is 11.4 Å². The minimum Gasteiger partial charge on any atom is -0.355 e. The third-order valence-corrected chi connectivity index (χ3v) is 7.15. The van der Waals surface area contributed by atoms with E-state index in [1.807, 2.05) is 42.5 Å². The lowest BCUT2D eigenvalue weighted by atomic mass is 9.80. The molecule has 3 aromatic carbocycles. The summed E-state index contributed by atoms with van der Waals surface area (Å²) in [7, 11) is 0. The molecular formula is C29H28ClN3O2. The summed E-state index contributed by atoms with van der Waals surface area (Å²) < 4.78 is 0. The number of aromatic amines is 1. The number of nitrogens with one attached hydrogen (secondary N) is 3. The zero-order valence-corrected chi connectivity index (χ0v) is 20.4. The van der Waals surface area contributed by atoms with E-state index in [1.54, 1.807) is 24.3 Å². The first-order valence-electron chi connectivity index (χ1n) is 12.1. The van der Waals surface area contributed by atoms with Gasteiger partial charge in [-0.2, -0.15) is 0 Å². The van der Waals surface area contributed by atoms with Gasteiger partial charge < -0.3 is 15.6 Å². The second-order valence-corrected chi connectivity index (χ2v) is 9.82. The molecule has 0 radical (unpaired) electrons. The molecule has 4 aromatic rings. The van der Waals surface area contributed by atoms with Crippen LogP contribution in [0.2, 0.25) is 5.02 Å². The van der Waals surface area contributed by atoms with Crippen LogP contribution in [-0.2, 0) is 4.79 Å². The van der Waals surface area contributed by atoms with Crippen LogP contribution in [0.1, 0.15) is 43.0 Å². The molecule has 3 N–H and O–H groups in total. The molecule has 1 aliphatic rings. The Morgan fingerprint density at radius 1 is 0.857 bits per heavy atom. The molecule has 1 aliphatic carbocycles. The molecule has 2 atom stereocenters. The van der Waals surface area contributed by atoms with Gasteiger partial charge in [-0.25, -0.2) is 0 Å². The number of rotatable bonds is 5. The molecule has 2 unspecified atom stereocenters. The van der Waals surface area contributed by atoms with Gasteiger partial charge in [-0.15, -0.1) is 0 Å². The summed E-state index contributed by atoms with van der Waals surface area (Å²) in [6, 6.07) is 22.5. The van der Waals surface area contributed by atoms with Gasteiger partial charge in [0.15, 0.2) is 0 Å². The van der Waals surface area contributed by atoms with Gasteiger partial charge in [-0.05, 0) is 85.0 Å². The third-order valence-electron chi connectivity index (χ3n) is 6.90. The zero-order chi connectivity index (χ0) is 24.4. The van der Waals surface area contributed by atoms with Gasteiger partial charge in [0.1, 0.15) is 0 Å². The Bertz CT molecular complexity index is 1360. The molecule has 0 spiro atoms. The highest BCUT2D eigenvalue weighted by Crippen LogP contribution is 2.31. The third kappa shape index (κ3) is 5.25. The maximum atomic E-state index is 12.8. The average Bonchev–Trinajstić information content (AvgIpc) is 3.28. The largest absolute Gasteiger partial charge is 0.355 e. The summed E-state index contributed by atoms with van der Waals surface area (Å²) in [6.45, 7) is 2.18. The van der Waals surface area contributed by atoms with Crippen molar-refractivity contribution in [1.82, 2.24) is 4.98 Å². The van der Waals surface area contributed by atoms with E-state index >= 15 is 0 Å². The molecular weight excluding hydrogens is 458 g/mol. The number of hydrogen-bond acceptors (Lipinski definition) is 2. The molecule has 0 bridgehead atoms. The predicted octanol–water partition coefficient (Wildman–Crippen LogP) is 7.51. The second-order valence-electron chi connectivity index (χ2n) is 9.38. The lowest BCUT2D eigenvalue weighted by Crippen LogP contribution is -2.30. The number of carbonyl (C=O) groups excluding carboxylic acids is 2. The number of H-pyrrole nitrogens is 1. The lowest BCUT2D eigenvalue weighted by Gasteiger charge is -2.27. The van der Waals surface area contributed by atoms with Crippen LogP contribution in [0.15, 0.2) is 72.8 Å². The summed E-state index contributed by atoms with van der Waals surface area (Å²) in [5, 5.41) is 7.66. The average molecular weight is 486 g/mol. The van der Waals surface area contributed by atoms with Gasteiger partial charge in [0.25, 0.3) is 5.91 Å². The van der Waals surface area contributed by atoms with E-state index in [0.717, 1.165) is 47.1 Å².